The second kappa shape index (κ2) is 19.9. The van der Waals surface area contributed by atoms with Gasteiger partial charge in [-0.3, -0.25) is 0 Å². The molecule has 1 aromatic rings. The quantitative estimate of drug-likeness (QED) is 0.124. The molecule has 0 aromatic heterocycles. The maximum absolute atomic E-state index is 2.38. The number of nitrogens with zero attached hydrogens (tertiary/aromatic N) is 2. The van der Waals surface area contributed by atoms with Gasteiger partial charge in [0.2, 0.25) is 0 Å². The molecule has 190 valence electrons. The summed E-state index contributed by atoms with van der Waals surface area (Å²) in [4.78, 5) is 0. The van der Waals surface area contributed by atoms with Crippen molar-refractivity contribution >= 4 is 0 Å². The molecule has 0 saturated heterocycles. The van der Waals surface area contributed by atoms with Crippen LogP contribution in [0.5, 0.6) is 0 Å². The lowest BCUT2D eigenvalue weighted by Gasteiger charge is -2.35. The van der Waals surface area contributed by atoms with Crippen molar-refractivity contribution in [3.8, 4) is 0 Å². The van der Waals surface area contributed by atoms with Crippen molar-refractivity contribution in [2.45, 2.75) is 92.9 Å². The Hall–Kier alpha value is 0.600. The van der Waals surface area contributed by atoms with Crippen molar-refractivity contribution in [1.29, 1.82) is 0 Å². The van der Waals surface area contributed by atoms with E-state index in [-0.39, 0.29) is 48.0 Å². The SMILES string of the molecule is CC[N+](CC)(CC)CCCCCc1ccc(CCCCC[N+](CC)(CC)CC)cc1.[I-].[I-]. The van der Waals surface area contributed by atoms with Crippen molar-refractivity contribution in [2.75, 3.05) is 52.4 Å². The van der Waals surface area contributed by atoms with Crippen LogP contribution in [-0.4, -0.2) is 61.3 Å². The van der Waals surface area contributed by atoms with Crippen LogP contribution < -0.4 is 48.0 Å². The molecule has 0 amide bonds. The second-order valence-corrected chi connectivity index (χ2v) is 9.47. The van der Waals surface area contributed by atoms with E-state index < -0.39 is 0 Å². The number of hydrogen-bond acceptors (Lipinski definition) is 0. The number of benzene rings is 1. The maximum atomic E-state index is 2.38. The Morgan fingerprint density at radius 2 is 0.719 bits per heavy atom. The molecule has 4 heteroatoms. The third-order valence-corrected chi connectivity index (χ3v) is 8.24. The van der Waals surface area contributed by atoms with Crippen LogP contribution in [0.25, 0.3) is 0 Å². The summed E-state index contributed by atoms with van der Waals surface area (Å²) < 4.78 is 2.59. The van der Waals surface area contributed by atoms with Gasteiger partial charge in [-0.15, -0.1) is 0 Å². The first-order chi connectivity index (χ1) is 14.5. The first-order valence-corrected chi connectivity index (χ1v) is 13.3. The predicted molar refractivity (Wildman–Crippen MR) is 135 cm³/mol. The molecule has 0 heterocycles. The summed E-state index contributed by atoms with van der Waals surface area (Å²) in [6.07, 6.45) is 10.7. The van der Waals surface area contributed by atoms with Crippen molar-refractivity contribution in [3.63, 3.8) is 0 Å². The zero-order valence-corrected chi connectivity index (χ0v) is 26.6. The Balaban J connectivity index is 0. The van der Waals surface area contributed by atoms with Crippen LogP contribution in [0.2, 0.25) is 0 Å². The summed E-state index contributed by atoms with van der Waals surface area (Å²) in [6.45, 7) is 24.5. The van der Waals surface area contributed by atoms with E-state index in [1.165, 1.54) is 124 Å². The minimum absolute atomic E-state index is 0. The van der Waals surface area contributed by atoms with E-state index in [1.54, 1.807) is 0 Å². The van der Waals surface area contributed by atoms with Gasteiger partial charge < -0.3 is 56.9 Å². The third kappa shape index (κ3) is 12.3. The standard InChI is InChI=1S/C28H54N2.2HI/c1-7-29(8-2,9-3)25-17-13-15-19-27-21-23-28(24-22-27)20-16-14-18-26-30(10-4,11-5)12-6;;/h21-24H,7-20,25-26H2,1-6H3;2*1H/q+2;;/p-2. The highest BCUT2D eigenvalue weighted by atomic mass is 127. The Kier molecular flexibility index (Phi) is 21.6. The molecule has 0 fully saturated rings. The van der Waals surface area contributed by atoms with Crippen LogP contribution in [0, 0.1) is 0 Å². The molecule has 32 heavy (non-hydrogen) atoms. The van der Waals surface area contributed by atoms with E-state index in [0.717, 1.165) is 0 Å². The second-order valence-electron chi connectivity index (χ2n) is 9.47. The Morgan fingerprint density at radius 1 is 0.438 bits per heavy atom. The summed E-state index contributed by atoms with van der Waals surface area (Å²) in [6, 6.07) is 9.53. The molecule has 0 bridgehead atoms. The highest BCUT2D eigenvalue weighted by Gasteiger charge is 2.20. The smallest absolute Gasteiger partial charge is 0.0786 e. The molecule has 0 N–H and O–H groups in total. The van der Waals surface area contributed by atoms with Crippen LogP contribution in [0.1, 0.15) is 91.2 Å². The minimum atomic E-state index is 0. The zero-order valence-electron chi connectivity index (χ0n) is 22.3. The number of aryl methyl sites for hydroxylation is 2. The summed E-state index contributed by atoms with van der Waals surface area (Å²) >= 11 is 0. The van der Waals surface area contributed by atoms with Gasteiger partial charge in [-0.2, -0.15) is 0 Å². The molecule has 0 aliphatic rings. The van der Waals surface area contributed by atoms with Gasteiger partial charge in [0.1, 0.15) is 0 Å². The van der Waals surface area contributed by atoms with Gasteiger partial charge >= 0.3 is 0 Å². The van der Waals surface area contributed by atoms with Gasteiger partial charge in [0.15, 0.2) is 0 Å². The van der Waals surface area contributed by atoms with Crippen molar-refractivity contribution in [2.24, 2.45) is 0 Å². The lowest BCUT2D eigenvalue weighted by Crippen LogP contribution is -3.00. The fraction of sp³-hybridized carbons (Fsp3) is 0.786. The number of rotatable bonds is 18. The van der Waals surface area contributed by atoms with Gasteiger partial charge in [0, 0.05) is 0 Å². The average Bonchev–Trinajstić information content (AvgIpc) is 2.80. The fourth-order valence-corrected chi connectivity index (χ4v) is 5.07. The predicted octanol–water partition coefficient (Wildman–Crippen LogP) is 0.873. The number of quaternary nitrogens is 2. The molecular weight excluding hydrogens is 618 g/mol. The van der Waals surface area contributed by atoms with Gasteiger partial charge in [-0.05, 0) is 104 Å². The van der Waals surface area contributed by atoms with Crippen molar-refractivity contribution in [1.82, 2.24) is 0 Å². The fourth-order valence-electron chi connectivity index (χ4n) is 5.07. The summed E-state index contributed by atoms with van der Waals surface area (Å²) in [5.41, 5.74) is 3.05. The monoisotopic (exact) mass is 672 g/mol. The first-order valence-electron chi connectivity index (χ1n) is 13.3. The third-order valence-electron chi connectivity index (χ3n) is 8.24. The van der Waals surface area contributed by atoms with E-state index in [2.05, 4.69) is 65.8 Å². The normalized spacial score (nSPS) is 11.7. The molecule has 0 aliphatic carbocycles. The summed E-state index contributed by atoms with van der Waals surface area (Å²) in [5, 5.41) is 0. The van der Waals surface area contributed by atoms with E-state index in [0.29, 0.717) is 0 Å². The zero-order chi connectivity index (χ0) is 22.3. The highest BCUT2D eigenvalue weighted by Crippen LogP contribution is 2.15. The summed E-state index contributed by atoms with van der Waals surface area (Å²) in [7, 11) is 0. The molecule has 0 spiro atoms. The maximum Gasteiger partial charge on any atom is 0.0786 e. The van der Waals surface area contributed by atoms with Crippen LogP contribution in [0.3, 0.4) is 0 Å². The first kappa shape index (κ1) is 34.8. The number of unbranched alkanes of at least 4 members (excludes halogenated alkanes) is 4. The number of halogens is 2. The van der Waals surface area contributed by atoms with E-state index in [4.69, 9.17) is 0 Å². The Labute approximate surface area is 236 Å². The average molecular weight is 673 g/mol. The van der Waals surface area contributed by atoms with Gasteiger partial charge in [-0.25, -0.2) is 0 Å². The largest absolute Gasteiger partial charge is 1.00 e. The van der Waals surface area contributed by atoms with Gasteiger partial charge in [0.05, 0.1) is 52.4 Å². The summed E-state index contributed by atoms with van der Waals surface area (Å²) in [5.74, 6) is 0. The van der Waals surface area contributed by atoms with Crippen LogP contribution in [-0.2, 0) is 12.8 Å². The van der Waals surface area contributed by atoms with Gasteiger partial charge in [-0.1, -0.05) is 24.3 Å². The van der Waals surface area contributed by atoms with Crippen molar-refractivity contribution < 1.29 is 56.9 Å². The molecule has 1 rings (SSSR count). The molecule has 0 saturated carbocycles. The molecular formula is C28H54I2N2. The minimum Gasteiger partial charge on any atom is -1.00 e. The Bertz CT molecular complexity index is 471. The van der Waals surface area contributed by atoms with E-state index >= 15 is 0 Å². The van der Waals surface area contributed by atoms with Gasteiger partial charge in [0.25, 0.3) is 0 Å². The molecule has 0 aliphatic heterocycles. The number of hydrogen-bond donors (Lipinski definition) is 0. The van der Waals surface area contributed by atoms with E-state index in [9.17, 15) is 0 Å². The molecule has 0 unspecified atom stereocenters. The van der Waals surface area contributed by atoms with Crippen LogP contribution >= 0.6 is 0 Å². The highest BCUT2D eigenvalue weighted by molar-refractivity contribution is 5.22. The molecule has 0 radical (unpaired) electrons. The molecule has 2 nitrogen and oxygen atoms in total. The lowest BCUT2D eigenvalue weighted by atomic mass is 10.0. The molecule has 1 aromatic carbocycles. The topological polar surface area (TPSA) is 0 Å². The van der Waals surface area contributed by atoms with Crippen LogP contribution in [0.4, 0.5) is 0 Å². The van der Waals surface area contributed by atoms with Crippen LogP contribution in [0.15, 0.2) is 24.3 Å². The Morgan fingerprint density at radius 3 is 0.969 bits per heavy atom. The van der Waals surface area contributed by atoms with E-state index in [1.807, 2.05) is 0 Å². The molecule has 0 atom stereocenters. The van der Waals surface area contributed by atoms with Crippen molar-refractivity contribution in [3.05, 3.63) is 35.4 Å². The lowest BCUT2D eigenvalue weighted by molar-refractivity contribution is -0.923.